The molecule has 1 aliphatic rings. The molecular weight excluding hydrogens is 211 g/mol. The number of nitrogens with zero attached hydrogens (tertiary/aromatic N) is 1. The van der Waals surface area contributed by atoms with Crippen LogP contribution in [0.4, 0.5) is 10.1 Å². The number of carbonyl (C=O) groups excluding carboxylic acids is 1. The third kappa shape index (κ3) is 1.68. The van der Waals surface area contributed by atoms with Gasteiger partial charge >= 0.3 is 0 Å². The van der Waals surface area contributed by atoms with E-state index in [1.807, 2.05) is 0 Å². The fourth-order valence-electron chi connectivity index (χ4n) is 1.85. The molecule has 0 bridgehead atoms. The average molecular weight is 224 g/mol. The Labute approximate surface area is 92.8 Å². The van der Waals surface area contributed by atoms with Crippen molar-refractivity contribution in [3.05, 3.63) is 29.6 Å². The van der Waals surface area contributed by atoms with Crippen molar-refractivity contribution in [2.45, 2.75) is 6.04 Å². The molecule has 1 aromatic carbocycles. The number of nitrogens with two attached hydrogens (primary N) is 1. The molecule has 86 valence electrons. The zero-order valence-electron chi connectivity index (χ0n) is 8.94. The third-order valence-corrected chi connectivity index (χ3v) is 2.67. The fraction of sp³-hybridized carbons (Fsp3) is 0.364. The van der Waals surface area contributed by atoms with Gasteiger partial charge in [0.15, 0.2) is 0 Å². The van der Waals surface area contributed by atoms with Crippen LogP contribution in [-0.2, 0) is 9.53 Å². The number of amides is 1. The van der Waals surface area contributed by atoms with E-state index in [0.29, 0.717) is 24.4 Å². The average Bonchev–Trinajstić information content (AvgIpc) is 2.50. The number of fused-ring (bicyclic) bond motifs is 1. The normalized spacial score (nSPS) is 19.1. The second-order valence-electron chi connectivity index (χ2n) is 3.66. The van der Waals surface area contributed by atoms with Crippen LogP contribution in [0, 0.1) is 5.82 Å². The molecule has 0 aromatic heterocycles. The van der Waals surface area contributed by atoms with Gasteiger partial charge in [-0.1, -0.05) is 0 Å². The highest BCUT2D eigenvalue weighted by atomic mass is 19.1. The lowest BCUT2D eigenvalue weighted by molar-refractivity contribution is -0.119. The molecule has 16 heavy (non-hydrogen) atoms. The second kappa shape index (κ2) is 4.19. The van der Waals surface area contributed by atoms with Gasteiger partial charge in [-0.2, -0.15) is 0 Å². The number of anilines is 1. The van der Waals surface area contributed by atoms with Crippen LogP contribution in [0.15, 0.2) is 18.2 Å². The molecule has 1 aromatic rings. The largest absolute Gasteiger partial charge is 0.383 e. The van der Waals surface area contributed by atoms with Crippen molar-refractivity contribution in [2.24, 2.45) is 5.73 Å². The Morgan fingerprint density at radius 1 is 1.56 bits per heavy atom. The van der Waals surface area contributed by atoms with Gasteiger partial charge in [0.2, 0.25) is 5.91 Å². The van der Waals surface area contributed by atoms with Crippen molar-refractivity contribution < 1.29 is 13.9 Å². The van der Waals surface area contributed by atoms with Crippen LogP contribution in [0.3, 0.4) is 0 Å². The zero-order valence-corrected chi connectivity index (χ0v) is 8.94. The molecule has 1 heterocycles. The fourth-order valence-corrected chi connectivity index (χ4v) is 1.85. The number of methoxy groups -OCH3 is 1. The molecule has 0 fully saturated rings. The van der Waals surface area contributed by atoms with E-state index >= 15 is 0 Å². The standard InChI is InChI=1S/C11H13FN2O2/c1-16-5-4-14-9-3-2-7(12)6-8(9)10(13)11(14)15/h2-3,6,10H,4-5,13H2,1H3. The number of ether oxygens (including phenoxy) is 1. The summed E-state index contributed by atoms with van der Waals surface area (Å²) in [4.78, 5) is 13.3. The lowest BCUT2D eigenvalue weighted by Crippen LogP contribution is -2.34. The molecule has 2 N–H and O–H groups in total. The highest BCUT2D eigenvalue weighted by Crippen LogP contribution is 2.34. The SMILES string of the molecule is COCCN1C(=O)C(N)c2cc(F)ccc21. The van der Waals surface area contributed by atoms with Gasteiger partial charge in [-0.05, 0) is 18.2 Å². The van der Waals surface area contributed by atoms with E-state index in [2.05, 4.69) is 0 Å². The van der Waals surface area contributed by atoms with Crippen molar-refractivity contribution >= 4 is 11.6 Å². The van der Waals surface area contributed by atoms with E-state index in [1.165, 1.54) is 17.0 Å². The van der Waals surface area contributed by atoms with Gasteiger partial charge in [-0.3, -0.25) is 4.79 Å². The quantitative estimate of drug-likeness (QED) is 0.827. The molecular formula is C11H13FN2O2. The van der Waals surface area contributed by atoms with Crippen molar-refractivity contribution in [1.29, 1.82) is 0 Å². The summed E-state index contributed by atoms with van der Waals surface area (Å²) in [6.07, 6.45) is 0. The Morgan fingerprint density at radius 2 is 2.31 bits per heavy atom. The van der Waals surface area contributed by atoms with Gasteiger partial charge in [0, 0.05) is 24.9 Å². The predicted molar refractivity (Wildman–Crippen MR) is 57.6 cm³/mol. The number of halogens is 1. The van der Waals surface area contributed by atoms with Crippen LogP contribution in [0.2, 0.25) is 0 Å². The van der Waals surface area contributed by atoms with Gasteiger partial charge in [0.25, 0.3) is 0 Å². The maximum Gasteiger partial charge on any atom is 0.248 e. The maximum absolute atomic E-state index is 13.0. The summed E-state index contributed by atoms with van der Waals surface area (Å²) in [6.45, 7) is 0.858. The smallest absolute Gasteiger partial charge is 0.248 e. The minimum Gasteiger partial charge on any atom is -0.383 e. The van der Waals surface area contributed by atoms with Crippen LogP contribution in [0.25, 0.3) is 0 Å². The molecule has 2 rings (SSSR count). The molecule has 0 aliphatic carbocycles. The summed E-state index contributed by atoms with van der Waals surface area (Å²) >= 11 is 0. The first-order valence-electron chi connectivity index (χ1n) is 5.00. The lowest BCUT2D eigenvalue weighted by atomic mass is 10.1. The first-order chi connectivity index (χ1) is 7.65. The maximum atomic E-state index is 13.0. The Hall–Kier alpha value is -1.46. The highest BCUT2D eigenvalue weighted by molar-refractivity contribution is 6.04. The number of carbonyl (C=O) groups is 1. The van der Waals surface area contributed by atoms with Crippen molar-refractivity contribution in [1.82, 2.24) is 0 Å². The molecule has 1 unspecified atom stereocenters. The topological polar surface area (TPSA) is 55.6 Å². The Kier molecular flexibility index (Phi) is 2.89. The Bertz CT molecular complexity index is 422. The first kappa shape index (κ1) is 11.0. The van der Waals surface area contributed by atoms with Crippen LogP contribution in [0.1, 0.15) is 11.6 Å². The summed E-state index contributed by atoms with van der Waals surface area (Å²) in [5, 5.41) is 0. The van der Waals surface area contributed by atoms with Crippen LogP contribution in [0.5, 0.6) is 0 Å². The number of benzene rings is 1. The van der Waals surface area contributed by atoms with Crippen LogP contribution in [-0.4, -0.2) is 26.2 Å². The van der Waals surface area contributed by atoms with E-state index in [-0.39, 0.29) is 11.7 Å². The van der Waals surface area contributed by atoms with Gasteiger partial charge < -0.3 is 15.4 Å². The molecule has 0 radical (unpaired) electrons. The van der Waals surface area contributed by atoms with Gasteiger partial charge in [-0.25, -0.2) is 4.39 Å². The van der Waals surface area contributed by atoms with E-state index in [4.69, 9.17) is 10.5 Å². The summed E-state index contributed by atoms with van der Waals surface area (Å²) in [6, 6.07) is 3.45. The van der Waals surface area contributed by atoms with Gasteiger partial charge in [0.1, 0.15) is 11.9 Å². The molecule has 0 saturated carbocycles. The second-order valence-corrected chi connectivity index (χ2v) is 3.66. The van der Waals surface area contributed by atoms with Crippen molar-refractivity contribution in [3.63, 3.8) is 0 Å². The van der Waals surface area contributed by atoms with E-state index in [1.54, 1.807) is 13.2 Å². The first-order valence-corrected chi connectivity index (χ1v) is 5.00. The highest BCUT2D eigenvalue weighted by Gasteiger charge is 2.34. The monoisotopic (exact) mass is 224 g/mol. The minimum atomic E-state index is -0.762. The molecule has 4 nitrogen and oxygen atoms in total. The third-order valence-electron chi connectivity index (χ3n) is 2.67. The van der Waals surface area contributed by atoms with E-state index in [9.17, 15) is 9.18 Å². The summed E-state index contributed by atoms with van der Waals surface area (Å²) in [7, 11) is 1.56. The van der Waals surface area contributed by atoms with Crippen LogP contribution < -0.4 is 10.6 Å². The summed E-state index contributed by atoms with van der Waals surface area (Å²) in [5.74, 6) is -0.590. The molecule has 0 spiro atoms. The number of hydrogen-bond donors (Lipinski definition) is 1. The zero-order chi connectivity index (χ0) is 11.7. The minimum absolute atomic E-state index is 0.211. The Balaban J connectivity index is 2.34. The Morgan fingerprint density at radius 3 is 3.00 bits per heavy atom. The molecule has 1 amide bonds. The van der Waals surface area contributed by atoms with Crippen molar-refractivity contribution in [2.75, 3.05) is 25.2 Å². The molecule has 1 atom stereocenters. The molecule has 0 saturated heterocycles. The summed E-state index contributed by atoms with van der Waals surface area (Å²) in [5.41, 5.74) is 6.94. The van der Waals surface area contributed by atoms with E-state index in [0.717, 1.165) is 0 Å². The lowest BCUT2D eigenvalue weighted by Gasteiger charge is -2.16. The number of hydrogen-bond acceptors (Lipinski definition) is 3. The van der Waals surface area contributed by atoms with E-state index < -0.39 is 6.04 Å². The molecule has 5 heteroatoms. The number of rotatable bonds is 3. The van der Waals surface area contributed by atoms with Gasteiger partial charge in [-0.15, -0.1) is 0 Å². The van der Waals surface area contributed by atoms with Gasteiger partial charge in [0.05, 0.1) is 6.61 Å². The van der Waals surface area contributed by atoms with Crippen molar-refractivity contribution in [3.8, 4) is 0 Å². The molecule has 1 aliphatic heterocycles. The van der Waals surface area contributed by atoms with Crippen LogP contribution >= 0.6 is 0 Å². The predicted octanol–water partition coefficient (Wildman–Crippen LogP) is 0.819. The summed E-state index contributed by atoms with van der Waals surface area (Å²) < 4.78 is 17.9.